The molecule has 0 aliphatic carbocycles. The van der Waals surface area contributed by atoms with E-state index in [0.717, 1.165) is 0 Å². The molecule has 13 heavy (non-hydrogen) atoms. The van der Waals surface area contributed by atoms with Crippen LogP contribution in [0.4, 0.5) is 5.69 Å². The van der Waals surface area contributed by atoms with E-state index in [1.54, 1.807) is 0 Å². The van der Waals surface area contributed by atoms with E-state index in [1.807, 2.05) is 0 Å². The highest BCUT2D eigenvalue weighted by Crippen LogP contribution is 2.33. The van der Waals surface area contributed by atoms with Gasteiger partial charge in [-0.15, -0.1) is 0 Å². The molecule has 0 aromatic heterocycles. The van der Waals surface area contributed by atoms with Gasteiger partial charge in [0.25, 0.3) is 0 Å². The van der Waals surface area contributed by atoms with Crippen LogP contribution in [0.25, 0.3) is 0 Å². The van der Waals surface area contributed by atoms with Crippen LogP contribution >= 0.6 is 0 Å². The van der Waals surface area contributed by atoms with Crippen LogP contribution in [0.15, 0.2) is 18.2 Å². The van der Waals surface area contributed by atoms with Gasteiger partial charge in [-0.1, -0.05) is 25.5 Å². The topological polar surface area (TPSA) is 16.6 Å². The summed E-state index contributed by atoms with van der Waals surface area (Å²) in [4.78, 5) is 0. The van der Waals surface area contributed by atoms with Crippen molar-refractivity contribution in [1.82, 2.24) is 0 Å². The van der Waals surface area contributed by atoms with Crippen molar-refractivity contribution in [3.05, 3.63) is 29.3 Å². The number of fused-ring (bicyclic) bond motifs is 1. The van der Waals surface area contributed by atoms with Crippen LogP contribution < -0.4 is 5.32 Å². The molecule has 0 radical (unpaired) electrons. The number of quaternary nitrogens is 1. The summed E-state index contributed by atoms with van der Waals surface area (Å²) in [5, 5.41) is 2.36. The molecule has 1 heteroatoms. The quantitative estimate of drug-likeness (QED) is 0.581. The molecule has 0 spiro atoms. The first-order valence-corrected chi connectivity index (χ1v) is 5.04. The third-order valence-corrected chi connectivity index (χ3v) is 3.07. The second-order valence-corrected chi connectivity index (χ2v) is 4.72. The molecule has 0 atom stereocenters. The molecule has 1 nitrogen and oxygen atoms in total. The minimum absolute atomic E-state index is 0.371. The Balaban J connectivity index is 2.55. The molecule has 1 aromatic carbocycles. The zero-order valence-electron chi connectivity index (χ0n) is 8.72. The third kappa shape index (κ3) is 1.49. The molecular formula is C12H18N+. The van der Waals surface area contributed by atoms with Crippen molar-refractivity contribution in [3.8, 4) is 0 Å². The third-order valence-electron chi connectivity index (χ3n) is 3.07. The lowest BCUT2D eigenvalue weighted by Crippen LogP contribution is -2.81. The van der Waals surface area contributed by atoms with Crippen LogP contribution in [0.3, 0.4) is 0 Å². The average Bonchev–Trinajstić information content (AvgIpc) is 2.06. The molecule has 0 amide bonds. The highest BCUT2D eigenvalue weighted by molar-refractivity contribution is 5.46. The summed E-state index contributed by atoms with van der Waals surface area (Å²) in [7, 11) is 0. The summed E-state index contributed by atoms with van der Waals surface area (Å²) in [6, 6.07) is 6.80. The van der Waals surface area contributed by atoms with E-state index in [1.165, 1.54) is 29.8 Å². The first-order valence-electron chi connectivity index (χ1n) is 5.04. The van der Waals surface area contributed by atoms with Crippen molar-refractivity contribution < 1.29 is 5.32 Å². The van der Waals surface area contributed by atoms with Gasteiger partial charge in [-0.05, 0) is 19.1 Å². The Hall–Kier alpha value is -0.820. The monoisotopic (exact) mass is 176 g/mol. The fourth-order valence-corrected chi connectivity index (χ4v) is 2.16. The van der Waals surface area contributed by atoms with Gasteiger partial charge in [0.1, 0.15) is 5.69 Å². The van der Waals surface area contributed by atoms with Crippen molar-refractivity contribution in [2.24, 2.45) is 0 Å². The van der Waals surface area contributed by atoms with Crippen molar-refractivity contribution in [2.45, 2.75) is 32.6 Å². The van der Waals surface area contributed by atoms with E-state index in [2.05, 4.69) is 44.3 Å². The molecule has 0 saturated heterocycles. The van der Waals surface area contributed by atoms with Crippen LogP contribution in [0.2, 0.25) is 0 Å². The van der Waals surface area contributed by atoms with Crippen LogP contribution in [-0.2, 0) is 5.41 Å². The standard InChI is InChI=1S/C12H17N/c1-9-4-5-11-10(8-9)12(2,3)6-7-13-11/h4-5,8,13H,6-7H2,1-3H3/p+1. The lowest BCUT2D eigenvalue weighted by molar-refractivity contribution is -0.578. The van der Waals surface area contributed by atoms with Gasteiger partial charge in [-0.25, -0.2) is 0 Å². The summed E-state index contributed by atoms with van der Waals surface area (Å²) in [5.74, 6) is 0. The first kappa shape index (κ1) is 8.76. The van der Waals surface area contributed by atoms with Crippen LogP contribution in [0.1, 0.15) is 31.4 Å². The Labute approximate surface area is 80.2 Å². The number of rotatable bonds is 0. The Kier molecular flexibility index (Phi) is 1.92. The Morgan fingerprint density at radius 3 is 2.85 bits per heavy atom. The number of nitrogens with two attached hydrogens (primary N) is 1. The van der Waals surface area contributed by atoms with Gasteiger partial charge < -0.3 is 5.32 Å². The summed E-state index contributed by atoms with van der Waals surface area (Å²) in [5.41, 5.74) is 4.72. The summed E-state index contributed by atoms with van der Waals surface area (Å²) in [6.45, 7) is 8.09. The second kappa shape index (κ2) is 2.85. The van der Waals surface area contributed by atoms with E-state index < -0.39 is 0 Å². The predicted molar refractivity (Wildman–Crippen MR) is 55.3 cm³/mol. The molecule has 70 valence electrons. The average molecular weight is 176 g/mol. The zero-order chi connectivity index (χ0) is 9.47. The normalized spacial score (nSPS) is 19.6. The molecule has 2 N–H and O–H groups in total. The van der Waals surface area contributed by atoms with Gasteiger partial charge in [-0.2, -0.15) is 0 Å². The van der Waals surface area contributed by atoms with Gasteiger partial charge in [0, 0.05) is 17.4 Å². The van der Waals surface area contributed by atoms with E-state index in [9.17, 15) is 0 Å². The molecule has 0 bridgehead atoms. The molecule has 1 aromatic rings. The highest BCUT2D eigenvalue weighted by Gasteiger charge is 2.29. The summed E-state index contributed by atoms with van der Waals surface area (Å²) < 4.78 is 0. The Bertz CT molecular complexity index is 326. The van der Waals surface area contributed by atoms with Crippen LogP contribution in [0.5, 0.6) is 0 Å². The number of aryl methyl sites for hydroxylation is 1. The van der Waals surface area contributed by atoms with Gasteiger partial charge in [0.05, 0.1) is 6.54 Å². The van der Waals surface area contributed by atoms with E-state index in [-0.39, 0.29) is 0 Å². The maximum absolute atomic E-state index is 2.36. The predicted octanol–water partition coefficient (Wildman–Crippen LogP) is 1.87. The maximum atomic E-state index is 2.36. The minimum Gasteiger partial charge on any atom is -0.314 e. The molecule has 0 unspecified atom stereocenters. The Morgan fingerprint density at radius 2 is 2.08 bits per heavy atom. The molecule has 1 aliphatic heterocycles. The lowest BCUT2D eigenvalue weighted by atomic mass is 9.78. The number of hydrogen-bond donors (Lipinski definition) is 1. The minimum atomic E-state index is 0.371. The second-order valence-electron chi connectivity index (χ2n) is 4.72. The zero-order valence-corrected chi connectivity index (χ0v) is 8.72. The van der Waals surface area contributed by atoms with Gasteiger partial charge in [0.2, 0.25) is 0 Å². The van der Waals surface area contributed by atoms with Crippen LogP contribution in [-0.4, -0.2) is 6.54 Å². The largest absolute Gasteiger partial charge is 0.314 e. The van der Waals surface area contributed by atoms with Crippen molar-refractivity contribution in [2.75, 3.05) is 6.54 Å². The fourth-order valence-electron chi connectivity index (χ4n) is 2.16. The summed E-state index contributed by atoms with van der Waals surface area (Å²) >= 11 is 0. The van der Waals surface area contributed by atoms with Crippen molar-refractivity contribution in [3.63, 3.8) is 0 Å². The molecule has 0 saturated carbocycles. The maximum Gasteiger partial charge on any atom is 0.133 e. The van der Waals surface area contributed by atoms with Gasteiger partial charge in [-0.3, -0.25) is 0 Å². The molecule has 2 rings (SSSR count). The first-order chi connectivity index (χ1) is 6.09. The smallest absolute Gasteiger partial charge is 0.133 e. The molecular weight excluding hydrogens is 158 g/mol. The van der Waals surface area contributed by atoms with Gasteiger partial charge in [0.15, 0.2) is 0 Å². The Morgan fingerprint density at radius 1 is 1.31 bits per heavy atom. The lowest BCUT2D eigenvalue weighted by Gasteiger charge is -2.30. The van der Waals surface area contributed by atoms with E-state index in [0.29, 0.717) is 5.41 Å². The van der Waals surface area contributed by atoms with Crippen molar-refractivity contribution in [1.29, 1.82) is 0 Å². The molecule has 1 heterocycles. The van der Waals surface area contributed by atoms with Crippen molar-refractivity contribution >= 4 is 5.69 Å². The highest BCUT2D eigenvalue weighted by atomic mass is 14.9. The van der Waals surface area contributed by atoms with E-state index in [4.69, 9.17) is 0 Å². The SMILES string of the molecule is Cc1ccc2c(c1)C(C)(C)CC[NH2+]2. The fraction of sp³-hybridized carbons (Fsp3) is 0.500. The number of hydrogen-bond acceptors (Lipinski definition) is 0. The summed E-state index contributed by atoms with van der Waals surface area (Å²) in [6.07, 6.45) is 1.28. The molecule has 1 aliphatic rings. The number of benzene rings is 1. The van der Waals surface area contributed by atoms with Crippen LogP contribution in [0, 0.1) is 6.92 Å². The van der Waals surface area contributed by atoms with E-state index >= 15 is 0 Å². The molecule has 0 fully saturated rings. The van der Waals surface area contributed by atoms with Gasteiger partial charge >= 0.3 is 0 Å².